The summed E-state index contributed by atoms with van der Waals surface area (Å²) in [5, 5.41) is 9.10. The number of nitrogens with zero attached hydrogens (tertiary/aromatic N) is 1. The predicted octanol–water partition coefficient (Wildman–Crippen LogP) is 1.52. The highest BCUT2D eigenvalue weighted by Gasteiger charge is 2.36. The summed E-state index contributed by atoms with van der Waals surface area (Å²) >= 11 is 0. The Bertz CT molecular complexity index is 522. The van der Waals surface area contributed by atoms with E-state index >= 15 is 0 Å². The van der Waals surface area contributed by atoms with Gasteiger partial charge in [-0.15, -0.1) is 0 Å². The van der Waals surface area contributed by atoms with Gasteiger partial charge in [-0.05, 0) is 25.0 Å². The Morgan fingerprint density at radius 3 is 2.78 bits per heavy atom. The molecule has 1 amide bonds. The molecule has 0 spiro atoms. The van der Waals surface area contributed by atoms with Crippen LogP contribution >= 0.6 is 0 Å². The molecule has 3 rings (SSSR count). The van der Waals surface area contributed by atoms with Gasteiger partial charge < -0.3 is 14.7 Å². The molecule has 1 fully saturated rings. The number of benzene rings is 1. The summed E-state index contributed by atoms with van der Waals surface area (Å²) in [6.07, 6.45) is 1.87. The summed E-state index contributed by atoms with van der Waals surface area (Å²) in [5.41, 5.74) is 0.693. The molecular formula is C13H13NO4. The number of aromatic carboxylic acids is 1. The maximum absolute atomic E-state index is 12.1. The number of hydrogen-bond acceptors (Lipinski definition) is 3. The highest BCUT2D eigenvalue weighted by molar-refractivity contribution is 6.01. The Morgan fingerprint density at radius 1 is 1.33 bits per heavy atom. The van der Waals surface area contributed by atoms with E-state index in [1.165, 1.54) is 6.07 Å². The number of amides is 1. The first-order valence-corrected chi connectivity index (χ1v) is 5.99. The van der Waals surface area contributed by atoms with Crippen molar-refractivity contribution < 1.29 is 19.4 Å². The average Bonchev–Trinajstić information content (AvgIpc) is 3.20. The Morgan fingerprint density at radius 2 is 2.11 bits per heavy atom. The van der Waals surface area contributed by atoms with Crippen molar-refractivity contribution in [1.82, 2.24) is 0 Å². The fourth-order valence-electron chi connectivity index (χ4n) is 2.20. The number of rotatable bonds is 2. The molecule has 0 bridgehead atoms. The lowest BCUT2D eigenvalue weighted by atomic mass is 10.1. The summed E-state index contributed by atoms with van der Waals surface area (Å²) in [6, 6.07) is 4.87. The minimum Gasteiger partial charge on any atom is -0.489 e. The standard InChI is InChI=1S/C13H13NO4/c15-12(8-4-5-8)14-6-7-18-11-9(13(16)17)2-1-3-10(11)14/h1-3,8H,4-7H2,(H,16,17). The smallest absolute Gasteiger partial charge is 0.339 e. The Labute approximate surface area is 104 Å². The van der Waals surface area contributed by atoms with Gasteiger partial charge in [0.15, 0.2) is 5.75 Å². The maximum atomic E-state index is 12.1. The van der Waals surface area contributed by atoms with Crippen LogP contribution in [0.1, 0.15) is 23.2 Å². The number of carbonyl (C=O) groups is 2. The van der Waals surface area contributed by atoms with Crippen LogP contribution in [-0.2, 0) is 4.79 Å². The minimum atomic E-state index is -1.03. The van der Waals surface area contributed by atoms with Crippen LogP contribution < -0.4 is 9.64 Å². The number of anilines is 1. The molecule has 1 aromatic carbocycles. The molecule has 1 saturated carbocycles. The van der Waals surface area contributed by atoms with E-state index in [-0.39, 0.29) is 17.4 Å². The lowest BCUT2D eigenvalue weighted by molar-refractivity contribution is -0.120. The lowest BCUT2D eigenvalue weighted by Gasteiger charge is -2.30. The number of carbonyl (C=O) groups excluding carboxylic acids is 1. The topological polar surface area (TPSA) is 66.8 Å². The second kappa shape index (κ2) is 4.01. The van der Waals surface area contributed by atoms with Gasteiger partial charge in [-0.1, -0.05) is 6.07 Å². The van der Waals surface area contributed by atoms with Gasteiger partial charge in [0.2, 0.25) is 5.91 Å². The van der Waals surface area contributed by atoms with Crippen LogP contribution in [0, 0.1) is 5.92 Å². The third-order valence-electron chi connectivity index (χ3n) is 3.27. The Hall–Kier alpha value is -2.04. The number of carboxylic acid groups (broad SMARTS) is 1. The molecule has 18 heavy (non-hydrogen) atoms. The van der Waals surface area contributed by atoms with Gasteiger partial charge in [0.1, 0.15) is 12.2 Å². The van der Waals surface area contributed by atoms with Gasteiger partial charge in [-0.2, -0.15) is 0 Å². The van der Waals surface area contributed by atoms with E-state index in [0.29, 0.717) is 24.6 Å². The van der Waals surface area contributed by atoms with E-state index in [1.807, 2.05) is 0 Å². The van der Waals surface area contributed by atoms with Gasteiger partial charge in [-0.3, -0.25) is 4.79 Å². The zero-order chi connectivity index (χ0) is 12.7. The van der Waals surface area contributed by atoms with Gasteiger partial charge >= 0.3 is 5.97 Å². The van der Waals surface area contributed by atoms with Crippen LogP contribution in [0.15, 0.2) is 18.2 Å². The minimum absolute atomic E-state index is 0.0853. The molecule has 2 aliphatic rings. The van der Waals surface area contributed by atoms with E-state index < -0.39 is 5.97 Å². The molecule has 1 aliphatic heterocycles. The van der Waals surface area contributed by atoms with Gasteiger partial charge in [0.25, 0.3) is 0 Å². The quantitative estimate of drug-likeness (QED) is 0.860. The SMILES string of the molecule is O=C(O)c1cccc2c1OCCN2C(=O)C1CC1. The van der Waals surface area contributed by atoms with Crippen molar-refractivity contribution >= 4 is 17.6 Å². The third-order valence-corrected chi connectivity index (χ3v) is 3.27. The van der Waals surface area contributed by atoms with E-state index in [2.05, 4.69) is 0 Å². The average molecular weight is 247 g/mol. The van der Waals surface area contributed by atoms with Crippen LogP contribution in [0.3, 0.4) is 0 Å². The summed E-state index contributed by atoms with van der Waals surface area (Å²) in [6.45, 7) is 0.834. The number of fused-ring (bicyclic) bond motifs is 1. The molecule has 5 nitrogen and oxygen atoms in total. The maximum Gasteiger partial charge on any atom is 0.339 e. The molecule has 1 aromatic rings. The van der Waals surface area contributed by atoms with Gasteiger partial charge in [0.05, 0.1) is 12.2 Å². The van der Waals surface area contributed by atoms with Crippen molar-refractivity contribution in [1.29, 1.82) is 0 Å². The molecule has 5 heteroatoms. The Kier molecular flexibility index (Phi) is 2.47. The van der Waals surface area contributed by atoms with E-state index in [9.17, 15) is 9.59 Å². The molecular weight excluding hydrogens is 234 g/mol. The monoisotopic (exact) mass is 247 g/mol. The zero-order valence-electron chi connectivity index (χ0n) is 9.76. The molecule has 1 heterocycles. The van der Waals surface area contributed by atoms with Gasteiger partial charge in [0, 0.05) is 5.92 Å². The molecule has 0 unspecified atom stereocenters. The molecule has 0 atom stereocenters. The van der Waals surface area contributed by atoms with Crippen LogP contribution in [0.25, 0.3) is 0 Å². The van der Waals surface area contributed by atoms with Crippen LogP contribution in [0.5, 0.6) is 5.75 Å². The Balaban J connectivity index is 2.02. The first kappa shape index (κ1) is 11.1. The number of ether oxygens (including phenoxy) is 1. The summed E-state index contributed by atoms with van der Waals surface area (Å²) in [7, 11) is 0. The molecule has 0 saturated heterocycles. The predicted molar refractivity (Wildman–Crippen MR) is 64.0 cm³/mol. The van der Waals surface area contributed by atoms with Crippen LogP contribution in [-0.4, -0.2) is 30.1 Å². The second-order valence-corrected chi connectivity index (χ2v) is 4.57. The molecule has 0 aromatic heterocycles. The molecule has 1 N–H and O–H groups in total. The van der Waals surface area contributed by atoms with Crippen LogP contribution in [0.4, 0.5) is 5.69 Å². The van der Waals surface area contributed by atoms with Crippen molar-refractivity contribution in [2.75, 3.05) is 18.1 Å². The van der Waals surface area contributed by atoms with E-state index in [4.69, 9.17) is 9.84 Å². The van der Waals surface area contributed by atoms with Crippen molar-refractivity contribution in [3.05, 3.63) is 23.8 Å². The largest absolute Gasteiger partial charge is 0.489 e. The summed E-state index contributed by atoms with van der Waals surface area (Å²) in [5.74, 6) is -0.524. The van der Waals surface area contributed by atoms with Gasteiger partial charge in [-0.25, -0.2) is 4.79 Å². The molecule has 1 aliphatic carbocycles. The highest BCUT2D eigenvalue weighted by Crippen LogP contribution is 2.39. The third kappa shape index (κ3) is 1.72. The van der Waals surface area contributed by atoms with Crippen molar-refractivity contribution in [2.24, 2.45) is 5.92 Å². The van der Waals surface area contributed by atoms with Crippen molar-refractivity contribution in [3.63, 3.8) is 0 Å². The second-order valence-electron chi connectivity index (χ2n) is 4.57. The molecule has 0 radical (unpaired) electrons. The highest BCUT2D eigenvalue weighted by atomic mass is 16.5. The van der Waals surface area contributed by atoms with Crippen molar-refractivity contribution in [2.45, 2.75) is 12.8 Å². The fourth-order valence-corrected chi connectivity index (χ4v) is 2.20. The normalized spacial score (nSPS) is 17.9. The summed E-state index contributed by atoms with van der Waals surface area (Å²) in [4.78, 5) is 24.9. The number of hydrogen-bond donors (Lipinski definition) is 1. The molecule has 94 valence electrons. The first-order chi connectivity index (χ1) is 8.68. The number of para-hydroxylation sites is 1. The van der Waals surface area contributed by atoms with E-state index in [1.54, 1.807) is 17.0 Å². The summed E-state index contributed by atoms with van der Waals surface area (Å²) < 4.78 is 5.42. The zero-order valence-corrected chi connectivity index (χ0v) is 9.76. The van der Waals surface area contributed by atoms with E-state index in [0.717, 1.165) is 12.8 Å². The lowest BCUT2D eigenvalue weighted by Crippen LogP contribution is -2.39. The van der Waals surface area contributed by atoms with Crippen LogP contribution in [0.2, 0.25) is 0 Å². The van der Waals surface area contributed by atoms with Crippen molar-refractivity contribution in [3.8, 4) is 5.75 Å². The number of carboxylic acids is 1. The fraction of sp³-hybridized carbons (Fsp3) is 0.385. The first-order valence-electron chi connectivity index (χ1n) is 5.99.